The highest BCUT2D eigenvalue weighted by Gasteiger charge is 2.20. The molecular formula is C13H8ClNO2. The Kier molecular flexibility index (Phi) is 2.34. The lowest BCUT2D eigenvalue weighted by atomic mass is 10.0. The lowest BCUT2D eigenvalue weighted by Gasteiger charge is -2.05. The van der Waals surface area contributed by atoms with Crippen LogP contribution in [0.15, 0.2) is 36.5 Å². The molecule has 0 spiro atoms. The van der Waals surface area contributed by atoms with E-state index in [2.05, 4.69) is 4.98 Å². The predicted molar refractivity (Wildman–Crippen MR) is 64.0 cm³/mol. The monoisotopic (exact) mass is 245 g/mol. The van der Waals surface area contributed by atoms with Crippen molar-refractivity contribution in [3.63, 3.8) is 0 Å². The number of hydrogen-bond donors (Lipinski definition) is 0. The summed E-state index contributed by atoms with van der Waals surface area (Å²) in [5, 5.41) is 0.441. The van der Waals surface area contributed by atoms with Gasteiger partial charge in [-0.3, -0.25) is 4.79 Å². The maximum atomic E-state index is 11.2. The van der Waals surface area contributed by atoms with Crippen molar-refractivity contribution in [2.24, 2.45) is 0 Å². The number of esters is 1. The molecule has 2 aromatic rings. The van der Waals surface area contributed by atoms with Gasteiger partial charge in [0.15, 0.2) is 0 Å². The Hall–Kier alpha value is -1.87. The van der Waals surface area contributed by atoms with Gasteiger partial charge in [0, 0.05) is 17.3 Å². The zero-order valence-electron chi connectivity index (χ0n) is 8.81. The number of carbonyl (C=O) groups excluding carboxylic acids is 1. The van der Waals surface area contributed by atoms with Crippen molar-refractivity contribution in [3.05, 3.63) is 47.2 Å². The third kappa shape index (κ3) is 1.78. The molecule has 17 heavy (non-hydrogen) atoms. The first-order valence-corrected chi connectivity index (χ1v) is 5.56. The summed E-state index contributed by atoms with van der Waals surface area (Å²) < 4.78 is 5.11. The number of nitrogens with zero attached hydrogens (tertiary/aromatic N) is 1. The van der Waals surface area contributed by atoms with Gasteiger partial charge >= 0.3 is 5.97 Å². The minimum atomic E-state index is -0.213. The molecule has 84 valence electrons. The van der Waals surface area contributed by atoms with Crippen LogP contribution < -0.4 is 4.74 Å². The topological polar surface area (TPSA) is 39.2 Å². The summed E-state index contributed by atoms with van der Waals surface area (Å²) in [7, 11) is 0. The average molecular weight is 246 g/mol. The molecule has 1 aliphatic rings. The van der Waals surface area contributed by atoms with Crippen molar-refractivity contribution >= 4 is 17.6 Å². The van der Waals surface area contributed by atoms with Crippen LogP contribution >= 0.6 is 11.6 Å². The fourth-order valence-corrected chi connectivity index (χ4v) is 2.11. The number of pyridine rings is 1. The number of aromatic nitrogens is 1. The van der Waals surface area contributed by atoms with Gasteiger partial charge in [-0.1, -0.05) is 23.7 Å². The van der Waals surface area contributed by atoms with Crippen LogP contribution in [0, 0.1) is 0 Å². The molecule has 0 N–H and O–H groups in total. The van der Waals surface area contributed by atoms with Gasteiger partial charge in [-0.05, 0) is 23.8 Å². The van der Waals surface area contributed by atoms with Crippen molar-refractivity contribution < 1.29 is 9.53 Å². The minimum Gasteiger partial charge on any atom is -0.426 e. The van der Waals surface area contributed by atoms with E-state index in [1.165, 1.54) is 0 Å². The Morgan fingerprint density at radius 1 is 1.29 bits per heavy atom. The Morgan fingerprint density at radius 3 is 3.00 bits per heavy atom. The summed E-state index contributed by atoms with van der Waals surface area (Å²) in [6, 6.07) is 9.33. The number of benzene rings is 1. The van der Waals surface area contributed by atoms with E-state index in [1.807, 2.05) is 30.3 Å². The summed E-state index contributed by atoms with van der Waals surface area (Å²) in [6.45, 7) is 0. The van der Waals surface area contributed by atoms with Crippen LogP contribution in [-0.4, -0.2) is 11.0 Å². The Morgan fingerprint density at radius 2 is 2.18 bits per heavy atom. The first-order valence-electron chi connectivity index (χ1n) is 5.18. The van der Waals surface area contributed by atoms with Gasteiger partial charge in [0.1, 0.15) is 10.9 Å². The Balaban J connectivity index is 2.09. The Bertz CT molecular complexity index is 610. The molecule has 0 fully saturated rings. The van der Waals surface area contributed by atoms with E-state index in [4.69, 9.17) is 16.3 Å². The third-order valence-corrected chi connectivity index (χ3v) is 3.00. The van der Waals surface area contributed by atoms with Crippen molar-refractivity contribution in [1.29, 1.82) is 0 Å². The molecule has 0 saturated carbocycles. The lowest BCUT2D eigenvalue weighted by molar-refractivity contribution is -0.131. The molecule has 0 bridgehead atoms. The van der Waals surface area contributed by atoms with Crippen molar-refractivity contribution in [2.75, 3.05) is 0 Å². The molecule has 1 aromatic heterocycles. The number of halogens is 1. The van der Waals surface area contributed by atoms with Gasteiger partial charge in [-0.15, -0.1) is 0 Å². The molecule has 3 rings (SSSR count). The quantitative estimate of drug-likeness (QED) is 0.441. The molecule has 3 nitrogen and oxygen atoms in total. The fraction of sp³-hybridized carbons (Fsp3) is 0.0769. The first-order chi connectivity index (χ1) is 8.24. The summed E-state index contributed by atoms with van der Waals surface area (Å²) in [6.07, 6.45) is 1.98. The molecule has 1 aromatic carbocycles. The molecule has 1 aliphatic heterocycles. The normalized spacial score (nSPS) is 13.4. The van der Waals surface area contributed by atoms with E-state index in [0.29, 0.717) is 17.3 Å². The van der Waals surface area contributed by atoms with Crippen LogP contribution in [0.4, 0.5) is 0 Å². The molecule has 0 unspecified atom stereocenters. The van der Waals surface area contributed by atoms with E-state index in [-0.39, 0.29) is 5.97 Å². The summed E-state index contributed by atoms with van der Waals surface area (Å²) >= 11 is 6.02. The van der Waals surface area contributed by atoms with Gasteiger partial charge in [-0.2, -0.15) is 0 Å². The van der Waals surface area contributed by atoms with Crippen LogP contribution in [0.5, 0.6) is 5.75 Å². The molecule has 0 amide bonds. The van der Waals surface area contributed by atoms with Gasteiger partial charge in [0.25, 0.3) is 0 Å². The molecule has 0 aliphatic carbocycles. The van der Waals surface area contributed by atoms with Crippen LogP contribution in [0.1, 0.15) is 5.56 Å². The number of ether oxygens (including phenoxy) is 1. The number of carbonyl (C=O) groups is 1. The van der Waals surface area contributed by atoms with Crippen molar-refractivity contribution in [2.45, 2.75) is 6.42 Å². The number of rotatable bonds is 1. The molecule has 0 radical (unpaired) electrons. The summed E-state index contributed by atoms with van der Waals surface area (Å²) in [5.74, 6) is 0.404. The van der Waals surface area contributed by atoms with E-state index in [1.54, 1.807) is 6.20 Å². The van der Waals surface area contributed by atoms with Gasteiger partial charge < -0.3 is 4.74 Å². The van der Waals surface area contributed by atoms with Crippen LogP contribution in [0.3, 0.4) is 0 Å². The highest BCUT2D eigenvalue weighted by atomic mass is 35.5. The van der Waals surface area contributed by atoms with Crippen LogP contribution in [0.2, 0.25) is 5.15 Å². The second-order valence-electron chi connectivity index (χ2n) is 3.82. The maximum absolute atomic E-state index is 11.2. The third-order valence-electron chi connectivity index (χ3n) is 2.70. The molecule has 0 saturated heterocycles. The van der Waals surface area contributed by atoms with E-state index in [0.717, 1.165) is 16.7 Å². The van der Waals surface area contributed by atoms with E-state index < -0.39 is 0 Å². The minimum absolute atomic E-state index is 0.213. The molecule has 4 heteroatoms. The second-order valence-corrected chi connectivity index (χ2v) is 4.17. The van der Waals surface area contributed by atoms with Crippen molar-refractivity contribution in [1.82, 2.24) is 4.98 Å². The molecule has 2 heterocycles. The zero-order valence-corrected chi connectivity index (χ0v) is 9.57. The average Bonchev–Trinajstić information content (AvgIpc) is 2.68. The summed E-state index contributed by atoms with van der Waals surface area (Å²) in [4.78, 5) is 15.2. The Labute approximate surface area is 103 Å². The smallest absolute Gasteiger partial charge is 0.315 e. The lowest BCUT2D eigenvalue weighted by Crippen LogP contribution is -2.00. The highest BCUT2D eigenvalue weighted by Crippen LogP contribution is 2.33. The SMILES string of the molecule is O=C1Cc2ccc(-c3cccnc3Cl)cc2O1. The number of hydrogen-bond acceptors (Lipinski definition) is 3. The standard InChI is InChI=1S/C13H8ClNO2/c14-13-10(2-1-5-15-13)8-3-4-9-7-12(16)17-11(9)6-8/h1-6H,7H2. The summed E-state index contributed by atoms with van der Waals surface area (Å²) in [5.41, 5.74) is 2.65. The highest BCUT2D eigenvalue weighted by molar-refractivity contribution is 6.32. The second kappa shape index (κ2) is 3.86. The van der Waals surface area contributed by atoms with Gasteiger partial charge in [0.05, 0.1) is 6.42 Å². The van der Waals surface area contributed by atoms with Crippen molar-refractivity contribution in [3.8, 4) is 16.9 Å². The van der Waals surface area contributed by atoms with E-state index in [9.17, 15) is 4.79 Å². The fourth-order valence-electron chi connectivity index (χ4n) is 1.88. The predicted octanol–water partition coefficient (Wildman–Crippen LogP) is 2.86. The van der Waals surface area contributed by atoms with E-state index >= 15 is 0 Å². The maximum Gasteiger partial charge on any atom is 0.315 e. The zero-order chi connectivity index (χ0) is 11.8. The van der Waals surface area contributed by atoms with Crippen LogP contribution in [-0.2, 0) is 11.2 Å². The van der Waals surface area contributed by atoms with Gasteiger partial charge in [0.2, 0.25) is 0 Å². The van der Waals surface area contributed by atoms with Crippen LogP contribution in [0.25, 0.3) is 11.1 Å². The number of fused-ring (bicyclic) bond motifs is 1. The molecular weight excluding hydrogens is 238 g/mol. The van der Waals surface area contributed by atoms with Gasteiger partial charge in [-0.25, -0.2) is 4.98 Å². The largest absolute Gasteiger partial charge is 0.426 e. The molecule has 0 atom stereocenters. The first kappa shape index (κ1) is 10.3.